The Bertz CT molecular complexity index is 287. The van der Waals surface area contributed by atoms with E-state index < -0.39 is 0 Å². The Kier molecular flexibility index (Phi) is 3.44. The van der Waals surface area contributed by atoms with Crippen molar-refractivity contribution < 1.29 is 9.84 Å². The lowest BCUT2D eigenvalue weighted by Crippen LogP contribution is -2.52. The summed E-state index contributed by atoms with van der Waals surface area (Å²) < 4.78 is 6.00. The Balaban J connectivity index is 1.63. The fourth-order valence-electron chi connectivity index (χ4n) is 4.40. The van der Waals surface area contributed by atoms with Crippen LogP contribution in [0.2, 0.25) is 0 Å². The van der Waals surface area contributed by atoms with E-state index >= 15 is 0 Å². The highest BCUT2D eigenvalue weighted by Crippen LogP contribution is 2.50. The molecule has 3 rings (SSSR count). The summed E-state index contributed by atoms with van der Waals surface area (Å²) in [6.07, 6.45) is 11.8. The topological polar surface area (TPSA) is 29.5 Å². The van der Waals surface area contributed by atoms with E-state index in [0.29, 0.717) is 5.92 Å². The van der Waals surface area contributed by atoms with E-state index in [4.69, 9.17) is 4.74 Å². The molecule has 1 heterocycles. The largest absolute Gasteiger partial charge is 0.390 e. The molecule has 0 aromatic heterocycles. The molecule has 0 aromatic rings. The minimum Gasteiger partial charge on any atom is -0.390 e. The summed E-state index contributed by atoms with van der Waals surface area (Å²) in [5.74, 6) is 1.37. The molecule has 0 aromatic carbocycles. The average Bonchev–Trinajstić information content (AvgIpc) is 2.38. The smallest absolute Gasteiger partial charge is 0.0686 e. The fourth-order valence-corrected chi connectivity index (χ4v) is 4.40. The first-order chi connectivity index (χ1) is 8.66. The van der Waals surface area contributed by atoms with Crippen molar-refractivity contribution in [3.63, 3.8) is 0 Å². The monoisotopic (exact) mass is 252 g/mol. The van der Waals surface area contributed by atoms with Crippen molar-refractivity contribution in [3.05, 3.63) is 0 Å². The zero-order chi connectivity index (χ0) is 12.6. The van der Waals surface area contributed by atoms with Crippen LogP contribution in [-0.2, 0) is 4.74 Å². The lowest BCUT2D eigenvalue weighted by Gasteiger charge is -2.52. The normalized spacial score (nSPS) is 43.7. The summed E-state index contributed by atoms with van der Waals surface area (Å²) in [6, 6.07) is 0. The van der Waals surface area contributed by atoms with E-state index in [-0.39, 0.29) is 11.2 Å². The van der Waals surface area contributed by atoms with Gasteiger partial charge in [0, 0.05) is 6.61 Å². The van der Waals surface area contributed by atoms with Gasteiger partial charge in [-0.2, -0.15) is 0 Å². The highest BCUT2D eigenvalue weighted by Gasteiger charge is 2.49. The highest BCUT2D eigenvalue weighted by atomic mass is 16.5. The summed E-state index contributed by atoms with van der Waals surface area (Å²) in [4.78, 5) is 0. The van der Waals surface area contributed by atoms with Crippen molar-refractivity contribution in [1.82, 2.24) is 0 Å². The fraction of sp³-hybridized carbons (Fsp3) is 1.00. The van der Waals surface area contributed by atoms with E-state index in [1.54, 1.807) is 0 Å². The minimum atomic E-state index is -0.363. The van der Waals surface area contributed by atoms with Gasteiger partial charge in [-0.05, 0) is 69.6 Å². The standard InChI is InChI=1S/C16H28O2/c1-2-13-4-9-16(17,10-5-13)14-6-11-18-15(12-14)7-3-8-15/h13-14,17H,2-12H2,1H3. The molecule has 2 aliphatic carbocycles. The van der Waals surface area contributed by atoms with Gasteiger partial charge in [0.15, 0.2) is 0 Å². The van der Waals surface area contributed by atoms with Crippen molar-refractivity contribution >= 4 is 0 Å². The molecule has 1 N–H and O–H groups in total. The minimum absolute atomic E-state index is 0.181. The van der Waals surface area contributed by atoms with Crippen LogP contribution in [0.25, 0.3) is 0 Å². The van der Waals surface area contributed by atoms with Gasteiger partial charge in [0.2, 0.25) is 0 Å². The van der Waals surface area contributed by atoms with Gasteiger partial charge in [-0.1, -0.05) is 13.3 Å². The van der Waals surface area contributed by atoms with Crippen LogP contribution in [-0.4, -0.2) is 22.9 Å². The van der Waals surface area contributed by atoms with Gasteiger partial charge in [0.25, 0.3) is 0 Å². The lowest BCUT2D eigenvalue weighted by atomic mass is 9.63. The van der Waals surface area contributed by atoms with Crippen LogP contribution in [0, 0.1) is 11.8 Å². The van der Waals surface area contributed by atoms with Gasteiger partial charge < -0.3 is 9.84 Å². The number of aliphatic hydroxyl groups is 1. The van der Waals surface area contributed by atoms with Crippen LogP contribution >= 0.6 is 0 Å². The molecule has 18 heavy (non-hydrogen) atoms. The maximum Gasteiger partial charge on any atom is 0.0686 e. The van der Waals surface area contributed by atoms with E-state index in [1.807, 2.05) is 0 Å². The number of hydrogen-bond donors (Lipinski definition) is 1. The van der Waals surface area contributed by atoms with E-state index in [1.165, 1.54) is 38.5 Å². The predicted molar refractivity (Wildman–Crippen MR) is 72.5 cm³/mol. The van der Waals surface area contributed by atoms with Gasteiger partial charge in [0.1, 0.15) is 0 Å². The van der Waals surface area contributed by atoms with Gasteiger partial charge in [-0.3, -0.25) is 0 Å². The second-order valence-corrected chi connectivity index (χ2v) is 7.03. The molecule has 0 radical (unpaired) electrons. The Hall–Kier alpha value is -0.0800. The SMILES string of the molecule is CCC1CCC(O)(C2CCOC3(CCC3)C2)CC1. The van der Waals surface area contributed by atoms with E-state index in [0.717, 1.165) is 38.2 Å². The Morgan fingerprint density at radius 2 is 1.83 bits per heavy atom. The molecule has 1 saturated heterocycles. The third-order valence-electron chi connectivity index (χ3n) is 6.07. The maximum atomic E-state index is 11.0. The summed E-state index contributed by atoms with van der Waals surface area (Å²) in [5.41, 5.74) is -0.182. The maximum absolute atomic E-state index is 11.0. The first kappa shape index (κ1) is 12.9. The molecular formula is C16H28O2. The Morgan fingerprint density at radius 3 is 2.39 bits per heavy atom. The van der Waals surface area contributed by atoms with Crippen molar-refractivity contribution in [2.24, 2.45) is 11.8 Å². The average molecular weight is 252 g/mol. The van der Waals surface area contributed by atoms with E-state index in [9.17, 15) is 5.11 Å². The van der Waals surface area contributed by atoms with Gasteiger partial charge >= 0.3 is 0 Å². The summed E-state index contributed by atoms with van der Waals surface area (Å²) in [6.45, 7) is 3.16. The van der Waals surface area contributed by atoms with Crippen LogP contribution in [0.15, 0.2) is 0 Å². The van der Waals surface area contributed by atoms with E-state index in [2.05, 4.69) is 6.92 Å². The molecule has 2 nitrogen and oxygen atoms in total. The Labute approximate surface area is 111 Å². The molecule has 3 aliphatic rings. The van der Waals surface area contributed by atoms with Crippen LogP contribution in [0.3, 0.4) is 0 Å². The molecule has 2 heteroatoms. The second-order valence-electron chi connectivity index (χ2n) is 7.03. The van der Waals surface area contributed by atoms with Crippen molar-refractivity contribution in [3.8, 4) is 0 Å². The van der Waals surface area contributed by atoms with Gasteiger partial charge in [0.05, 0.1) is 11.2 Å². The zero-order valence-electron chi connectivity index (χ0n) is 11.8. The molecule has 1 aliphatic heterocycles. The van der Waals surface area contributed by atoms with Crippen molar-refractivity contribution in [2.75, 3.05) is 6.61 Å². The van der Waals surface area contributed by atoms with Crippen molar-refractivity contribution in [2.45, 2.75) is 82.3 Å². The molecule has 1 atom stereocenters. The molecular weight excluding hydrogens is 224 g/mol. The first-order valence-electron chi connectivity index (χ1n) is 8.02. The third-order valence-corrected chi connectivity index (χ3v) is 6.07. The molecule has 3 fully saturated rings. The summed E-state index contributed by atoms with van der Waals surface area (Å²) in [7, 11) is 0. The number of rotatable bonds is 2. The Morgan fingerprint density at radius 1 is 1.11 bits per heavy atom. The van der Waals surface area contributed by atoms with Crippen LogP contribution < -0.4 is 0 Å². The zero-order valence-corrected chi connectivity index (χ0v) is 11.8. The van der Waals surface area contributed by atoms with Crippen LogP contribution in [0.1, 0.15) is 71.1 Å². The molecule has 2 saturated carbocycles. The molecule has 1 unspecified atom stereocenters. The quantitative estimate of drug-likeness (QED) is 0.812. The predicted octanol–water partition coefficient (Wildman–Crippen LogP) is 3.67. The van der Waals surface area contributed by atoms with Gasteiger partial charge in [-0.15, -0.1) is 0 Å². The lowest BCUT2D eigenvalue weighted by molar-refractivity contribution is -0.182. The first-order valence-corrected chi connectivity index (χ1v) is 8.02. The van der Waals surface area contributed by atoms with Crippen molar-refractivity contribution in [1.29, 1.82) is 0 Å². The molecule has 104 valence electrons. The highest BCUT2D eigenvalue weighted by molar-refractivity contribution is 5.00. The van der Waals surface area contributed by atoms with Gasteiger partial charge in [-0.25, -0.2) is 0 Å². The molecule has 0 bridgehead atoms. The van der Waals surface area contributed by atoms with Crippen LogP contribution in [0.4, 0.5) is 0 Å². The number of ether oxygens (including phenoxy) is 1. The summed E-state index contributed by atoms with van der Waals surface area (Å²) >= 11 is 0. The third kappa shape index (κ3) is 2.22. The number of hydrogen-bond acceptors (Lipinski definition) is 2. The second kappa shape index (κ2) is 4.79. The molecule has 1 spiro atoms. The molecule has 0 amide bonds. The summed E-state index contributed by atoms with van der Waals surface area (Å²) in [5, 5.41) is 11.0. The van der Waals surface area contributed by atoms with Crippen LogP contribution in [0.5, 0.6) is 0 Å².